The first-order valence-electron chi connectivity index (χ1n) is 9.65. The summed E-state index contributed by atoms with van der Waals surface area (Å²) in [5.74, 6) is 1.27. The van der Waals surface area contributed by atoms with Crippen molar-refractivity contribution in [2.75, 3.05) is 17.0 Å². The van der Waals surface area contributed by atoms with Crippen molar-refractivity contribution in [3.05, 3.63) is 94.5 Å². The minimum atomic E-state index is -3.95. The Balaban J connectivity index is 1.61. The van der Waals surface area contributed by atoms with Crippen molar-refractivity contribution in [3.8, 4) is 0 Å². The van der Waals surface area contributed by atoms with Gasteiger partial charge in [0, 0.05) is 23.6 Å². The molecule has 0 unspecified atom stereocenters. The summed E-state index contributed by atoms with van der Waals surface area (Å²) in [7, 11) is -3.95. The van der Waals surface area contributed by atoms with E-state index in [1.807, 2.05) is 24.3 Å². The van der Waals surface area contributed by atoms with Gasteiger partial charge in [0.15, 0.2) is 0 Å². The van der Waals surface area contributed by atoms with Crippen LogP contribution in [0.1, 0.15) is 21.5 Å². The number of halogens is 1. The topological polar surface area (TPSA) is 75.3 Å². The quantitative estimate of drug-likeness (QED) is 0.422. The minimum absolute atomic E-state index is 0.0519. The highest BCUT2D eigenvalue weighted by molar-refractivity contribution is 7.98. The summed E-state index contributed by atoms with van der Waals surface area (Å²) in [6, 6.07) is 21.4. The molecule has 0 saturated heterocycles. The van der Waals surface area contributed by atoms with Gasteiger partial charge in [0.25, 0.3) is 15.9 Å². The standard InChI is InChI=1S/C23H23ClN2O3S2/c1-17-7-5-6-10-21(17)26-31(28,29)22-15-19(11-12-20(22)24)23(27)25-13-14-30-16-18-8-3-2-4-9-18/h2-12,15,26H,13-14,16H2,1H3,(H,25,27). The van der Waals surface area contributed by atoms with Gasteiger partial charge in [0.2, 0.25) is 0 Å². The molecule has 3 rings (SSSR count). The van der Waals surface area contributed by atoms with Crippen LogP contribution in [0.5, 0.6) is 0 Å². The molecule has 31 heavy (non-hydrogen) atoms. The second kappa shape index (κ2) is 10.7. The van der Waals surface area contributed by atoms with Gasteiger partial charge in [-0.25, -0.2) is 8.42 Å². The minimum Gasteiger partial charge on any atom is -0.351 e. The van der Waals surface area contributed by atoms with Crippen LogP contribution in [-0.4, -0.2) is 26.6 Å². The number of sulfonamides is 1. The molecule has 2 N–H and O–H groups in total. The number of rotatable bonds is 9. The highest BCUT2D eigenvalue weighted by Gasteiger charge is 2.21. The predicted molar refractivity (Wildman–Crippen MR) is 128 cm³/mol. The molecule has 0 aromatic heterocycles. The number of hydrogen-bond acceptors (Lipinski definition) is 4. The second-order valence-electron chi connectivity index (χ2n) is 6.86. The molecule has 0 radical (unpaired) electrons. The predicted octanol–water partition coefficient (Wildman–Crippen LogP) is 5.11. The monoisotopic (exact) mass is 474 g/mol. The number of carbonyl (C=O) groups excluding carboxylic acids is 1. The third-order valence-corrected chi connectivity index (χ3v) is 7.39. The number of benzene rings is 3. The molecule has 0 fully saturated rings. The molecule has 8 heteroatoms. The van der Waals surface area contributed by atoms with Crippen molar-refractivity contribution in [1.82, 2.24) is 5.32 Å². The maximum atomic E-state index is 12.9. The molecule has 0 atom stereocenters. The highest BCUT2D eigenvalue weighted by Crippen LogP contribution is 2.26. The van der Waals surface area contributed by atoms with Crippen LogP contribution in [0, 0.1) is 6.92 Å². The van der Waals surface area contributed by atoms with E-state index >= 15 is 0 Å². The zero-order valence-electron chi connectivity index (χ0n) is 17.0. The molecular formula is C23H23ClN2O3S2. The SMILES string of the molecule is Cc1ccccc1NS(=O)(=O)c1cc(C(=O)NCCSCc2ccccc2)ccc1Cl. The summed E-state index contributed by atoms with van der Waals surface area (Å²) < 4.78 is 28.2. The Morgan fingerprint density at radius 2 is 1.71 bits per heavy atom. The Bertz CT molecular complexity index is 1150. The summed E-state index contributed by atoms with van der Waals surface area (Å²) in [4.78, 5) is 12.4. The number of thioether (sulfide) groups is 1. The number of para-hydroxylation sites is 1. The van der Waals surface area contributed by atoms with Crippen molar-refractivity contribution < 1.29 is 13.2 Å². The molecule has 3 aromatic rings. The first kappa shape index (κ1) is 23.2. The third-order valence-electron chi connectivity index (χ3n) is 4.52. The van der Waals surface area contributed by atoms with Crippen molar-refractivity contribution in [1.29, 1.82) is 0 Å². The Hall–Kier alpha value is -2.48. The van der Waals surface area contributed by atoms with Crippen molar-refractivity contribution >= 4 is 45.0 Å². The molecule has 3 aromatic carbocycles. The molecule has 5 nitrogen and oxygen atoms in total. The van der Waals surface area contributed by atoms with Crippen LogP contribution in [0.4, 0.5) is 5.69 Å². The van der Waals surface area contributed by atoms with Crippen LogP contribution in [0.25, 0.3) is 0 Å². The van der Waals surface area contributed by atoms with Crippen LogP contribution in [-0.2, 0) is 15.8 Å². The Morgan fingerprint density at radius 3 is 2.45 bits per heavy atom. The number of amides is 1. The van der Waals surface area contributed by atoms with Gasteiger partial charge in [0.1, 0.15) is 4.90 Å². The van der Waals surface area contributed by atoms with Gasteiger partial charge in [-0.15, -0.1) is 0 Å². The number of carbonyl (C=O) groups is 1. The van der Waals surface area contributed by atoms with Crippen LogP contribution >= 0.6 is 23.4 Å². The van der Waals surface area contributed by atoms with Gasteiger partial charge in [-0.1, -0.05) is 60.1 Å². The smallest absolute Gasteiger partial charge is 0.263 e. The number of hydrogen-bond donors (Lipinski definition) is 2. The lowest BCUT2D eigenvalue weighted by Gasteiger charge is -2.13. The molecule has 0 heterocycles. The third kappa shape index (κ3) is 6.50. The number of nitrogens with one attached hydrogen (secondary N) is 2. The maximum absolute atomic E-state index is 12.9. The zero-order chi connectivity index (χ0) is 22.3. The van der Waals surface area contributed by atoms with E-state index in [4.69, 9.17) is 11.6 Å². The number of anilines is 1. The van der Waals surface area contributed by atoms with E-state index in [0.717, 1.165) is 17.1 Å². The fraction of sp³-hybridized carbons (Fsp3) is 0.174. The van der Waals surface area contributed by atoms with E-state index in [9.17, 15) is 13.2 Å². The van der Waals surface area contributed by atoms with Crippen LogP contribution < -0.4 is 10.0 Å². The van der Waals surface area contributed by atoms with Gasteiger partial charge in [0.05, 0.1) is 10.7 Å². The molecule has 0 aliphatic rings. The average Bonchev–Trinajstić information content (AvgIpc) is 2.76. The van der Waals surface area contributed by atoms with Gasteiger partial charge >= 0.3 is 0 Å². The lowest BCUT2D eigenvalue weighted by molar-refractivity contribution is 0.0956. The molecule has 0 saturated carbocycles. The largest absolute Gasteiger partial charge is 0.351 e. The normalized spacial score (nSPS) is 11.2. The lowest BCUT2D eigenvalue weighted by Crippen LogP contribution is -2.26. The van der Waals surface area contributed by atoms with E-state index in [1.54, 1.807) is 36.9 Å². The molecule has 162 valence electrons. The van der Waals surface area contributed by atoms with Gasteiger partial charge < -0.3 is 5.32 Å². The van der Waals surface area contributed by atoms with Gasteiger partial charge in [-0.05, 0) is 42.3 Å². The first-order valence-corrected chi connectivity index (χ1v) is 12.7. The Labute approximate surface area is 192 Å². The summed E-state index contributed by atoms with van der Waals surface area (Å²) in [5.41, 5.74) is 2.71. The van der Waals surface area contributed by atoms with Crippen LogP contribution in [0.2, 0.25) is 5.02 Å². The van der Waals surface area contributed by atoms with E-state index < -0.39 is 10.0 Å². The lowest BCUT2D eigenvalue weighted by atomic mass is 10.2. The zero-order valence-corrected chi connectivity index (χ0v) is 19.4. The highest BCUT2D eigenvalue weighted by atomic mass is 35.5. The van der Waals surface area contributed by atoms with E-state index in [0.29, 0.717) is 12.2 Å². The summed E-state index contributed by atoms with van der Waals surface area (Å²) in [5, 5.41) is 2.88. The molecule has 0 spiro atoms. The van der Waals surface area contributed by atoms with Gasteiger partial charge in [-0.3, -0.25) is 9.52 Å². The number of aryl methyl sites for hydroxylation is 1. The summed E-state index contributed by atoms with van der Waals surface area (Å²) >= 11 is 7.86. The average molecular weight is 475 g/mol. The molecule has 0 aliphatic heterocycles. The Kier molecular flexibility index (Phi) is 8.01. The first-order chi connectivity index (χ1) is 14.9. The van der Waals surface area contributed by atoms with Crippen LogP contribution in [0.3, 0.4) is 0 Å². The Morgan fingerprint density at radius 1 is 1.00 bits per heavy atom. The molecular weight excluding hydrogens is 452 g/mol. The van der Waals surface area contributed by atoms with E-state index in [2.05, 4.69) is 22.2 Å². The summed E-state index contributed by atoms with van der Waals surface area (Å²) in [6.07, 6.45) is 0. The fourth-order valence-corrected chi connectivity index (χ4v) is 5.32. The van der Waals surface area contributed by atoms with Gasteiger partial charge in [-0.2, -0.15) is 11.8 Å². The second-order valence-corrected chi connectivity index (χ2v) is 10.0. The van der Waals surface area contributed by atoms with Crippen molar-refractivity contribution in [2.24, 2.45) is 0 Å². The molecule has 0 aliphatic carbocycles. The van der Waals surface area contributed by atoms with E-state index in [-0.39, 0.29) is 21.4 Å². The molecule has 0 bridgehead atoms. The summed E-state index contributed by atoms with van der Waals surface area (Å²) in [6.45, 7) is 2.28. The van der Waals surface area contributed by atoms with Crippen molar-refractivity contribution in [2.45, 2.75) is 17.6 Å². The van der Waals surface area contributed by atoms with Crippen LogP contribution in [0.15, 0.2) is 77.7 Å². The molecule has 1 amide bonds. The van der Waals surface area contributed by atoms with Crippen molar-refractivity contribution in [3.63, 3.8) is 0 Å². The fourth-order valence-electron chi connectivity index (χ4n) is 2.84. The maximum Gasteiger partial charge on any atom is 0.263 e. The van der Waals surface area contributed by atoms with E-state index in [1.165, 1.54) is 23.8 Å².